The molecule has 2 fully saturated rings. The van der Waals surface area contributed by atoms with Gasteiger partial charge in [0.15, 0.2) is 5.78 Å². The van der Waals surface area contributed by atoms with Gasteiger partial charge in [0.1, 0.15) is 5.75 Å². The molecule has 0 bridgehead atoms. The van der Waals surface area contributed by atoms with E-state index in [0.29, 0.717) is 18.2 Å². The van der Waals surface area contributed by atoms with E-state index in [1.807, 2.05) is 29.3 Å². The van der Waals surface area contributed by atoms with E-state index in [1.165, 1.54) is 12.1 Å². The fourth-order valence-electron chi connectivity index (χ4n) is 3.88. The summed E-state index contributed by atoms with van der Waals surface area (Å²) in [6.45, 7) is 1.24. The summed E-state index contributed by atoms with van der Waals surface area (Å²) in [6, 6.07) is 13.7. The van der Waals surface area contributed by atoms with Crippen LogP contribution in [-0.4, -0.2) is 38.4 Å². The topological polar surface area (TPSA) is 75.7 Å². The Morgan fingerprint density at radius 3 is 2.45 bits per heavy atom. The molecule has 1 aliphatic carbocycles. The maximum Gasteiger partial charge on any atom is 0.253 e. The molecule has 4 rings (SSSR count). The lowest BCUT2D eigenvalue weighted by molar-refractivity contribution is 0.0967. The van der Waals surface area contributed by atoms with Gasteiger partial charge in [-0.05, 0) is 87.1 Å². The first kappa shape index (κ1) is 22.3. The first-order chi connectivity index (χ1) is 14.9. The molecule has 31 heavy (non-hydrogen) atoms. The van der Waals surface area contributed by atoms with E-state index in [1.54, 1.807) is 12.1 Å². The lowest BCUT2D eigenvalue weighted by Gasteiger charge is -2.25. The number of nitrogens with one attached hydrogen (secondary N) is 1. The van der Waals surface area contributed by atoms with Crippen molar-refractivity contribution >= 4 is 27.4 Å². The Bertz CT molecular complexity index is 1000. The molecule has 1 N–H and O–H groups in total. The van der Waals surface area contributed by atoms with Crippen molar-refractivity contribution in [1.82, 2.24) is 9.84 Å². The van der Waals surface area contributed by atoms with Crippen LogP contribution in [0.25, 0.3) is 0 Å². The van der Waals surface area contributed by atoms with Crippen LogP contribution in [0.4, 0.5) is 0 Å². The van der Waals surface area contributed by atoms with Gasteiger partial charge in [-0.15, -0.1) is 4.83 Å². The predicted molar refractivity (Wildman–Crippen MR) is 120 cm³/mol. The molecule has 2 aromatic rings. The summed E-state index contributed by atoms with van der Waals surface area (Å²) < 4.78 is 31.1. The normalized spacial score (nSPS) is 19.5. The van der Waals surface area contributed by atoms with E-state index in [9.17, 15) is 13.2 Å². The Kier molecular flexibility index (Phi) is 6.96. The van der Waals surface area contributed by atoms with Crippen LogP contribution >= 0.6 is 11.6 Å². The first-order valence-corrected chi connectivity index (χ1v) is 12.6. The highest BCUT2D eigenvalue weighted by molar-refractivity contribution is 7.89. The van der Waals surface area contributed by atoms with Crippen molar-refractivity contribution in [3.63, 3.8) is 0 Å². The van der Waals surface area contributed by atoms with Gasteiger partial charge in [-0.1, -0.05) is 11.6 Å². The molecule has 2 aromatic carbocycles. The smallest absolute Gasteiger partial charge is 0.253 e. The van der Waals surface area contributed by atoms with E-state index in [0.717, 1.165) is 49.8 Å². The number of Topliss-reactive ketones (excluding diaryl/α,β-unsaturated/α-hetero) is 1. The minimum absolute atomic E-state index is 0.143. The molecular formula is C23H27ClN2O4S. The maximum absolute atomic E-state index is 12.6. The zero-order valence-corrected chi connectivity index (χ0v) is 18.9. The number of ether oxygens (including phenoxy) is 1. The highest BCUT2D eigenvalue weighted by Crippen LogP contribution is 2.33. The number of hydrazine groups is 1. The molecule has 1 atom stereocenters. The lowest BCUT2D eigenvalue weighted by atomic mass is 10.1. The molecule has 1 unspecified atom stereocenters. The summed E-state index contributed by atoms with van der Waals surface area (Å²) in [5.41, 5.74) is 0.754. The third-order valence-corrected chi connectivity index (χ3v) is 7.40. The number of halogens is 1. The number of hydrogen-bond donors (Lipinski definition) is 1. The van der Waals surface area contributed by atoms with Crippen LogP contribution in [0.15, 0.2) is 53.4 Å². The van der Waals surface area contributed by atoms with Gasteiger partial charge in [0.25, 0.3) is 10.0 Å². The Hall–Kier alpha value is -1.93. The van der Waals surface area contributed by atoms with Crippen LogP contribution in [0.2, 0.25) is 5.02 Å². The summed E-state index contributed by atoms with van der Waals surface area (Å²) >= 11 is 5.85. The fourth-order valence-corrected chi connectivity index (χ4v) is 5.16. The van der Waals surface area contributed by atoms with Crippen molar-refractivity contribution in [1.29, 1.82) is 0 Å². The lowest BCUT2D eigenvalue weighted by Crippen LogP contribution is -2.45. The molecule has 0 radical (unpaired) electrons. The number of rotatable bonds is 10. The highest BCUT2D eigenvalue weighted by atomic mass is 35.5. The van der Waals surface area contributed by atoms with Crippen LogP contribution in [0.3, 0.4) is 0 Å². The van der Waals surface area contributed by atoms with Crippen molar-refractivity contribution in [3.8, 4) is 5.75 Å². The van der Waals surface area contributed by atoms with E-state index < -0.39 is 10.0 Å². The molecule has 1 saturated carbocycles. The fraction of sp³-hybridized carbons (Fsp3) is 0.435. The second kappa shape index (κ2) is 9.69. The summed E-state index contributed by atoms with van der Waals surface area (Å²) in [4.78, 5) is 15.0. The summed E-state index contributed by atoms with van der Waals surface area (Å²) in [6.07, 6.45) is 5.55. The quantitative estimate of drug-likeness (QED) is 0.417. The van der Waals surface area contributed by atoms with Crippen LogP contribution in [0.5, 0.6) is 5.75 Å². The van der Waals surface area contributed by atoms with Gasteiger partial charge in [-0.3, -0.25) is 4.79 Å². The van der Waals surface area contributed by atoms with Crippen LogP contribution in [0.1, 0.15) is 48.9 Å². The van der Waals surface area contributed by atoms with Gasteiger partial charge in [-0.25, -0.2) is 13.4 Å². The number of sulfonamides is 1. The second-order valence-electron chi connectivity index (χ2n) is 8.19. The SMILES string of the molecule is O=C(c1ccc(OCCCC2CCCN2NS(=O)(=O)c2ccc(Cl)cc2)cc1)C1CC1. The third-order valence-electron chi connectivity index (χ3n) is 5.78. The van der Waals surface area contributed by atoms with E-state index in [4.69, 9.17) is 16.3 Å². The number of hydrogen-bond acceptors (Lipinski definition) is 5. The molecule has 0 spiro atoms. The van der Waals surface area contributed by atoms with Crippen molar-refractivity contribution in [2.24, 2.45) is 5.92 Å². The van der Waals surface area contributed by atoms with Crippen molar-refractivity contribution in [2.75, 3.05) is 13.2 Å². The summed E-state index contributed by atoms with van der Waals surface area (Å²) in [5, 5.41) is 2.32. The van der Waals surface area contributed by atoms with Gasteiger partial charge < -0.3 is 4.74 Å². The standard InChI is InChI=1S/C23H27ClN2O4S/c24-19-9-13-22(14-10-19)31(28,29)25-26-15-1-3-20(26)4-2-16-30-21-11-7-18(8-12-21)23(27)17-5-6-17/h7-14,17,20,25H,1-6,15-16H2. The Morgan fingerprint density at radius 2 is 1.77 bits per heavy atom. The minimum atomic E-state index is -3.62. The Balaban J connectivity index is 1.23. The zero-order valence-electron chi connectivity index (χ0n) is 17.3. The minimum Gasteiger partial charge on any atom is -0.494 e. The molecule has 6 nitrogen and oxygen atoms in total. The average molecular weight is 463 g/mol. The van der Waals surface area contributed by atoms with Gasteiger partial charge in [0, 0.05) is 29.1 Å². The molecule has 8 heteroatoms. The number of benzene rings is 2. The van der Waals surface area contributed by atoms with Crippen LogP contribution in [-0.2, 0) is 10.0 Å². The van der Waals surface area contributed by atoms with E-state index in [2.05, 4.69) is 4.83 Å². The molecule has 166 valence electrons. The van der Waals surface area contributed by atoms with Crippen molar-refractivity contribution in [3.05, 3.63) is 59.1 Å². The van der Waals surface area contributed by atoms with Gasteiger partial charge in [0.05, 0.1) is 11.5 Å². The van der Waals surface area contributed by atoms with E-state index in [-0.39, 0.29) is 22.6 Å². The largest absolute Gasteiger partial charge is 0.494 e. The van der Waals surface area contributed by atoms with Crippen molar-refractivity contribution < 1.29 is 17.9 Å². The zero-order chi connectivity index (χ0) is 21.8. The van der Waals surface area contributed by atoms with E-state index >= 15 is 0 Å². The second-order valence-corrected chi connectivity index (χ2v) is 10.3. The van der Waals surface area contributed by atoms with Crippen LogP contribution in [0, 0.1) is 5.92 Å². The van der Waals surface area contributed by atoms with Crippen molar-refractivity contribution in [2.45, 2.75) is 49.5 Å². The summed E-state index contributed by atoms with van der Waals surface area (Å²) in [5.74, 6) is 1.20. The number of ketones is 1. The highest BCUT2D eigenvalue weighted by Gasteiger charge is 2.30. The van der Waals surface area contributed by atoms with Gasteiger partial charge in [0.2, 0.25) is 0 Å². The Morgan fingerprint density at radius 1 is 1.06 bits per heavy atom. The molecule has 1 saturated heterocycles. The number of nitrogens with zero attached hydrogens (tertiary/aromatic N) is 1. The molecule has 1 heterocycles. The third kappa shape index (κ3) is 5.86. The molecule has 0 amide bonds. The van der Waals surface area contributed by atoms with Crippen LogP contribution < -0.4 is 9.57 Å². The molecule has 0 aromatic heterocycles. The number of carbonyl (C=O) groups excluding carboxylic acids is 1. The first-order valence-electron chi connectivity index (χ1n) is 10.7. The Labute approximate surface area is 188 Å². The van der Waals surface area contributed by atoms with Gasteiger partial charge >= 0.3 is 0 Å². The number of carbonyl (C=O) groups is 1. The maximum atomic E-state index is 12.6. The molecular weight excluding hydrogens is 436 g/mol. The average Bonchev–Trinajstić information content (AvgIpc) is 3.52. The molecule has 2 aliphatic rings. The van der Waals surface area contributed by atoms with Gasteiger partial charge in [-0.2, -0.15) is 0 Å². The monoisotopic (exact) mass is 462 g/mol. The predicted octanol–water partition coefficient (Wildman–Crippen LogP) is 4.45. The summed E-state index contributed by atoms with van der Waals surface area (Å²) in [7, 11) is -3.62. The molecule has 1 aliphatic heterocycles.